The molecule has 14 heteroatoms. The molecule has 9 unspecified atom stereocenters. The van der Waals surface area contributed by atoms with Crippen LogP contribution >= 0.6 is 23.5 Å². The summed E-state index contributed by atoms with van der Waals surface area (Å²) in [6, 6.07) is 0.848. The summed E-state index contributed by atoms with van der Waals surface area (Å²) in [4.78, 5) is 28.0. The Labute approximate surface area is 243 Å². The second-order valence-corrected chi connectivity index (χ2v) is 14.6. The SMILES string of the molecule is [NH3+][C@@H]1CCCC[C@@H]1NC1NC2CNC(=O)C2C(NC2CNC(C3CSC4C(=O)C=C(N5CCOCC5)OC43)S2)N1. The highest BCUT2D eigenvalue weighted by Crippen LogP contribution is 2.44. The van der Waals surface area contributed by atoms with Crippen molar-refractivity contribution in [1.82, 2.24) is 36.8 Å². The number of amides is 1. The van der Waals surface area contributed by atoms with Gasteiger partial charge in [-0.2, -0.15) is 0 Å². The first-order chi connectivity index (χ1) is 19.5. The van der Waals surface area contributed by atoms with E-state index in [0.717, 1.165) is 38.2 Å². The second kappa shape index (κ2) is 11.9. The minimum absolute atomic E-state index is 0.0739. The Hall–Kier alpha value is -1.10. The monoisotopic (exact) mass is 595 g/mol. The molecule has 0 aromatic carbocycles. The van der Waals surface area contributed by atoms with Gasteiger partial charge in [0.2, 0.25) is 5.91 Å². The van der Waals surface area contributed by atoms with E-state index < -0.39 is 0 Å². The number of rotatable bonds is 6. The van der Waals surface area contributed by atoms with Crippen molar-refractivity contribution in [2.24, 2.45) is 11.8 Å². The molecule has 0 radical (unpaired) electrons. The van der Waals surface area contributed by atoms with Crippen LogP contribution < -0.4 is 37.6 Å². The van der Waals surface area contributed by atoms with Gasteiger partial charge < -0.3 is 30.7 Å². The van der Waals surface area contributed by atoms with Crippen LogP contribution in [0.15, 0.2) is 12.0 Å². The van der Waals surface area contributed by atoms with Gasteiger partial charge in [-0.1, -0.05) is 6.42 Å². The molecule has 0 aromatic rings. The Morgan fingerprint density at radius 2 is 1.93 bits per heavy atom. The van der Waals surface area contributed by atoms with Crippen molar-refractivity contribution in [3.05, 3.63) is 12.0 Å². The third-order valence-corrected chi connectivity index (χ3v) is 12.4. The van der Waals surface area contributed by atoms with E-state index in [9.17, 15) is 9.59 Å². The lowest BCUT2D eigenvalue weighted by Gasteiger charge is -2.42. The summed E-state index contributed by atoms with van der Waals surface area (Å²) in [7, 11) is 0. The molecule has 7 rings (SSSR count). The first-order valence-electron chi connectivity index (χ1n) is 14.9. The summed E-state index contributed by atoms with van der Waals surface area (Å²) < 4.78 is 12.0. The van der Waals surface area contributed by atoms with E-state index in [4.69, 9.17) is 9.47 Å². The van der Waals surface area contributed by atoms with Crippen LogP contribution in [0.4, 0.5) is 0 Å². The number of carbonyl (C=O) groups is 2. The molecule has 5 saturated heterocycles. The van der Waals surface area contributed by atoms with Crippen LogP contribution in [0, 0.1) is 11.8 Å². The van der Waals surface area contributed by atoms with E-state index >= 15 is 0 Å². The fourth-order valence-electron chi connectivity index (χ4n) is 7.27. The number of quaternary nitrogens is 1. The van der Waals surface area contributed by atoms with E-state index in [1.54, 1.807) is 17.8 Å². The van der Waals surface area contributed by atoms with Gasteiger partial charge in [-0.3, -0.25) is 30.9 Å². The second-order valence-electron chi connectivity index (χ2n) is 12.0. The third kappa shape index (κ3) is 5.51. The van der Waals surface area contributed by atoms with Gasteiger partial charge >= 0.3 is 0 Å². The van der Waals surface area contributed by atoms with Crippen LogP contribution in [0.2, 0.25) is 0 Å². The van der Waals surface area contributed by atoms with Crippen molar-refractivity contribution < 1.29 is 24.8 Å². The number of carbonyl (C=O) groups excluding carboxylic acids is 2. The number of allylic oxidation sites excluding steroid dienone is 1. The Morgan fingerprint density at radius 1 is 1.07 bits per heavy atom. The summed E-state index contributed by atoms with van der Waals surface area (Å²) in [6.45, 7) is 4.26. The molecule has 1 saturated carbocycles. The van der Waals surface area contributed by atoms with Gasteiger partial charge in [0.05, 0.1) is 48.1 Å². The number of nitrogens with one attached hydrogen (secondary N) is 6. The lowest BCUT2D eigenvalue weighted by molar-refractivity contribution is -0.431. The Kier molecular flexibility index (Phi) is 8.23. The number of ketones is 1. The molecule has 1 amide bonds. The lowest BCUT2D eigenvalue weighted by Crippen LogP contribution is -2.77. The van der Waals surface area contributed by atoms with Crippen LogP contribution in [-0.2, 0) is 19.1 Å². The van der Waals surface area contributed by atoms with Crippen LogP contribution in [0.5, 0.6) is 0 Å². The quantitative estimate of drug-likeness (QED) is 0.174. The van der Waals surface area contributed by atoms with Crippen LogP contribution in [0.1, 0.15) is 25.7 Å². The zero-order chi connectivity index (χ0) is 27.2. The number of ether oxygens (including phenoxy) is 2. The Bertz CT molecular complexity index is 1000. The fraction of sp³-hybridized carbons (Fsp3) is 0.846. The minimum atomic E-state index is -0.175. The maximum atomic E-state index is 13.0. The molecule has 0 bridgehead atoms. The zero-order valence-corrected chi connectivity index (χ0v) is 24.4. The maximum Gasteiger partial charge on any atom is 0.227 e. The number of morpholine rings is 1. The molecule has 0 spiro atoms. The normalized spacial score (nSPS) is 45.5. The number of hydrogen-bond acceptors (Lipinski definition) is 12. The van der Waals surface area contributed by atoms with Crippen molar-refractivity contribution in [2.45, 2.75) is 78.4 Å². The van der Waals surface area contributed by atoms with E-state index in [1.165, 1.54) is 12.8 Å². The van der Waals surface area contributed by atoms with Gasteiger partial charge in [-0.05, 0) is 12.8 Å². The van der Waals surface area contributed by atoms with E-state index in [-0.39, 0.29) is 64.1 Å². The molecule has 0 aromatic heterocycles. The molecule has 6 fully saturated rings. The van der Waals surface area contributed by atoms with Crippen LogP contribution in [0.25, 0.3) is 0 Å². The highest BCUT2D eigenvalue weighted by atomic mass is 32.2. The van der Waals surface area contributed by atoms with Gasteiger partial charge in [-0.25, -0.2) is 0 Å². The summed E-state index contributed by atoms with van der Waals surface area (Å²) >= 11 is 3.59. The predicted molar refractivity (Wildman–Crippen MR) is 153 cm³/mol. The molecule has 1 aliphatic carbocycles. The summed E-state index contributed by atoms with van der Waals surface area (Å²) in [5.41, 5.74) is 4.38. The summed E-state index contributed by atoms with van der Waals surface area (Å²) in [5.74, 6) is 1.90. The van der Waals surface area contributed by atoms with Gasteiger partial charge in [0, 0.05) is 56.4 Å². The fourth-order valence-corrected chi connectivity index (χ4v) is 10.3. The molecule has 7 aliphatic rings. The summed E-state index contributed by atoms with van der Waals surface area (Å²) in [6.07, 6.45) is 6.12. The van der Waals surface area contributed by atoms with Crippen molar-refractivity contribution in [3.63, 3.8) is 0 Å². The minimum Gasteiger partial charge on any atom is -0.474 e. The first kappa shape index (κ1) is 27.7. The average Bonchev–Trinajstić information content (AvgIpc) is 3.69. The van der Waals surface area contributed by atoms with Crippen LogP contribution in [-0.4, -0.2) is 114 Å². The number of nitrogens with zero attached hydrogens (tertiary/aromatic N) is 1. The third-order valence-electron chi connectivity index (χ3n) is 9.49. The smallest absolute Gasteiger partial charge is 0.227 e. The molecular formula is C26H43N8O4S2+. The number of fused-ring (bicyclic) bond motifs is 2. The maximum absolute atomic E-state index is 13.0. The van der Waals surface area contributed by atoms with Crippen molar-refractivity contribution >= 4 is 35.2 Å². The number of thioether (sulfide) groups is 2. The van der Waals surface area contributed by atoms with E-state index in [2.05, 4.69) is 42.5 Å². The molecule has 40 heavy (non-hydrogen) atoms. The summed E-state index contributed by atoms with van der Waals surface area (Å²) in [5, 5.41) is 21.8. The predicted octanol–water partition coefficient (Wildman–Crippen LogP) is -2.50. The van der Waals surface area contributed by atoms with Crippen molar-refractivity contribution in [2.75, 3.05) is 45.1 Å². The van der Waals surface area contributed by atoms with Crippen molar-refractivity contribution in [1.29, 1.82) is 0 Å². The molecule has 222 valence electrons. The highest BCUT2D eigenvalue weighted by Gasteiger charge is 2.51. The van der Waals surface area contributed by atoms with Crippen LogP contribution in [0.3, 0.4) is 0 Å². The zero-order valence-electron chi connectivity index (χ0n) is 22.8. The van der Waals surface area contributed by atoms with E-state index in [1.807, 2.05) is 11.8 Å². The molecule has 6 heterocycles. The molecule has 12 nitrogen and oxygen atoms in total. The first-order valence-corrected chi connectivity index (χ1v) is 16.9. The Balaban J connectivity index is 0.985. The topological polar surface area (TPSA) is 156 Å². The molecular weight excluding hydrogens is 552 g/mol. The molecule has 11 atom stereocenters. The van der Waals surface area contributed by atoms with E-state index in [0.29, 0.717) is 37.7 Å². The standard InChI is InChI=1S/C26H42N8O4S2/c27-14-3-1-2-4-15(14)30-26-31-16-10-28-24(36)20(16)23(33-26)32-18-11-29-25(40-18)13-12-39-22-17(35)9-19(38-21(13)22)34-5-7-37-8-6-34/h9,13-16,18,20-23,25-26,29-33H,1-8,10-12,27H2,(H,28,36)/p+1/t13?,14-,15+,16?,18?,20?,21?,22?,23?,25?,26?/m1/s1. The van der Waals surface area contributed by atoms with Gasteiger partial charge in [0.1, 0.15) is 17.6 Å². The highest BCUT2D eigenvalue weighted by molar-refractivity contribution is 8.01. The van der Waals surface area contributed by atoms with Crippen molar-refractivity contribution in [3.8, 4) is 0 Å². The largest absolute Gasteiger partial charge is 0.474 e. The van der Waals surface area contributed by atoms with Gasteiger partial charge in [0.25, 0.3) is 0 Å². The van der Waals surface area contributed by atoms with Gasteiger partial charge in [0.15, 0.2) is 11.7 Å². The Morgan fingerprint density at radius 3 is 2.77 bits per heavy atom. The molecule has 9 N–H and O–H groups in total. The average molecular weight is 596 g/mol. The number of hydrogen-bond donors (Lipinski definition) is 7. The molecule has 6 aliphatic heterocycles. The lowest BCUT2D eigenvalue weighted by atomic mass is 9.90. The van der Waals surface area contributed by atoms with Gasteiger partial charge in [-0.15, -0.1) is 23.5 Å².